The van der Waals surface area contributed by atoms with Gasteiger partial charge in [-0.05, 0) is 33.6 Å². The van der Waals surface area contributed by atoms with E-state index in [0.717, 1.165) is 16.4 Å². The third-order valence-electron chi connectivity index (χ3n) is 4.49. The standard InChI is InChI=1S/C21H26F3N3O2/c1-12(2)16(17(28)14-9-7-13(3)8-10-14)26-19(29)15-11-25-27(20(4,5)6)18(15)21(22,23)24/h7-12,16H,1-6H3,(H,26,29). The molecule has 1 aromatic heterocycles. The van der Waals surface area contributed by atoms with Gasteiger partial charge in [0.15, 0.2) is 11.5 Å². The Morgan fingerprint density at radius 1 is 1.07 bits per heavy atom. The zero-order chi connectivity index (χ0) is 22.1. The monoisotopic (exact) mass is 409 g/mol. The summed E-state index contributed by atoms with van der Waals surface area (Å²) < 4.78 is 41.8. The highest BCUT2D eigenvalue weighted by Crippen LogP contribution is 2.35. The summed E-state index contributed by atoms with van der Waals surface area (Å²) in [4.78, 5) is 25.6. The van der Waals surface area contributed by atoms with E-state index in [1.165, 1.54) is 0 Å². The lowest BCUT2D eigenvalue weighted by Gasteiger charge is -2.24. The number of hydrogen-bond donors (Lipinski definition) is 1. The van der Waals surface area contributed by atoms with Gasteiger partial charge in [-0.15, -0.1) is 0 Å². The number of alkyl halides is 3. The number of benzene rings is 1. The molecule has 2 aromatic rings. The first-order valence-electron chi connectivity index (χ1n) is 9.31. The summed E-state index contributed by atoms with van der Waals surface area (Å²) in [5.41, 5.74) is -1.35. The fraction of sp³-hybridized carbons (Fsp3) is 0.476. The molecule has 8 heteroatoms. The second kappa shape index (κ2) is 8.00. The van der Waals surface area contributed by atoms with Crippen molar-refractivity contribution in [2.75, 3.05) is 0 Å². The van der Waals surface area contributed by atoms with Crippen molar-refractivity contribution >= 4 is 11.7 Å². The topological polar surface area (TPSA) is 64.0 Å². The summed E-state index contributed by atoms with van der Waals surface area (Å²) in [5, 5.41) is 6.27. The Balaban J connectivity index is 2.40. The van der Waals surface area contributed by atoms with Crippen LogP contribution in [0.3, 0.4) is 0 Å². The molecule has 0 spiro atoms. The van der Waals surface area contributed by atoms with E-state index in [1.807, 2.05) is 6.92 Å². The van der Waals surface area contributed by atoms with Crippen LogP contribution in [0.4, 0.5) is 13.2 Å². The van der Waals surface area contributed by atoms with Gasteiger partial charge in [-0.3, -0.25) is 14.3 Å². The lowest BCUT2D eigenvalue weighted by Crippen LogP contribution is -2.45. The highest BCUT2D eigenvalue weighted by atomic mass is 19.4. The maximum Gasteiger partial charge on any atom is 0.433 e. The summed E-state index contributed by atoms with van der Waals surface area (Å²) >= 11 is 0. The Bertz CT molecular complexity index is 891. The molecule has 1 N–H and O–H groups in total. The van der Waals surface area contributed by atoms with Crippen molar-refractivity contribution in [3.8, 4) is 0 Å². The molecule has 0 bridgehead atoms. The molecule has 158 valence electrons. The summed E-state index contributed by atoms with van der Waals surface area (Å²) in [5.74, 6) is -1.66. The predicted octanol–water partition coefficient (Wildman–Crippen LogP) is 4.60. The number of carbonyl (C=O) groups is 2. The van der Waals surface area contributed by atoms with Gasteiger partial charge < -0.3 is 5.32 Å². The van der Waals surface area contributed by atoms with Crippen molar-refractivity contribution < 1.29 is 22.8 Å². The molecule has 29 heavy (non-hydrogen) atoms. The fourth-order valence-electron chi connectivity index (χ4n) is 2.95. The number of ketones is 1. The number of aromatic nitrogens is 2. The van der Waals surface area contributed by atoms with E-state index in [2.05, 4.69) is 10.4 Å². The van der Waals surface area contributed by atoms with Gasteiger partial charge in [-0.25, -0.2) is 0 Å². The molecule has 0 aliphatic heterocycles. The molecule has 1 atom stereocenters. The fourth-order valence-corrected chi connectivity index (χ4v) is 2.95. The van der Waals surface area contributed by atoms with Crippen molar-refractivity contribution in [2.45, 2.75) is 59.3 Å². The molecule has 1 heterocycles. The van der Waals surface area contributed by atoms with Crippen LogP contribution in [0.5, 0.6) is 0 Å². The number of rotatable bonds is 5. The minimum absolute atomic E-state index is 0.320. The van der Waals surface area contributed by atoms with Crippen molar-refractivity contribution in [1.82, 2.24) is 15.1 Å². The molecule has 1 amide bonds. The lowest BCUT2D eigenvalue weighted by molar-refractivity contribution is -0.146. The number of hydrogen-bond acceptors (Lipinski definition) is 3. The first-order chi connectivity index (χ1) is 13.2. The second-order valence-corrected chi connectivity index (χ2v) is 8.41. The zero-order valence-electron chi connectivity index (χ0n) is 17.4. The van der Waals surface area contributed by atoms with Gasteiger partial charge in [0.05, 0.1) is 23.3 Å². The maximum atomic E-state index is 13.7. The highest BCUT2D eigenvalue weighted by Gasteiger charge is 2.43. The molecule has 0 fully saturated rings. The first kappa shape index (κ1) is 22.6. The Morgan fingerprint density at radius 3 is 2.07 bits per heavy atom. The van der Waals surface area contributed by atoms with Gasteiger partial charge in [0, 0.05) is 5.56 Å². The van der Waals surface area contributed by atoms with E-state index in [-0.39, 0.29) is 11.7 Å². The average molecular weight is 409 g/mol. The molecule has 1 aromatic carbocycles. The van der Waals surface area contributed by atoms with Gasteiger partial charge in [0.2, 0.25) is 0 Å². The van der Waals surface area contributed by atoms with Gasteiger partial charge in [-0.2, -0.15) is 18.3 Å². The number of carbonyl (C=O) groups excluding carboxylic acids is 2. The van der Waals surface area contributed by atoms with Gasteiger partial charge >= 0.3 is 6.18 Å². The summed E-state index contributed by atoms with van der Waals surface area (Å²) in [7, 11) is 0. The van der Waals surface area contributed by atoms with Crippen LogP contribution in [0.1, 0.15) is 66.6 Å². The zero-order valence-corrected chi connectivity index (χ0v) is 17.4. The number of Topliss-reactive ketones (excluding diaryl/α,β-unsaturated/α-hetero) is 1. The van der Waals surface area contributed by atoms with E-state index < -0.39 is 34.9 Å². The van der Waals surface area contributed by atoms with Crippen molar-refractivity contribution in [1.29, 1.82) is 0 Å². The minimum atomic E-state index is -4.77. The third-order valence-corrected chi connectivity index (χ3v) is 4.49. The Labute approximate surface area is 168 Å². The molecule has 1 unspecified atom stereocenters. The summed E-state index contributed by atoms with van der Waals surface area (Å²) in [6.07, 6.45) is -3.87. The summed E-state index contributed by atoms with van der Waals surface area (Å²) in [6.45, 7) is 10.0. The van der Waals surface area contributed by atoms with Crippen molar-refractivity contribution in [3.05, 3.63) is 52.8 Å². The van der Waals surface area contributed by atoms with E-state index in [9.17, 15) is 22.8 Å². The highest BCUT2D eigenvalue weighted by molar-refractivity contribution is 6.04. The second-order valence-electron chi connectivity index (χ2n) is 8.41. The van der Waals surface area contributed by atoms with Gasteiger partial charge in [0.1, 0.15) is 0 Å². The van der Waals surface area contributed by atoms with Crippen LogP contribution in [0.2, 0.25) is 0 Å². The SMILES string of the molecule is Cc1ccc(C(=O)C(NC(=O)c2cnn(C(C)(C)C)c2C(F)(F)F)C(C)C)cc1. The van der Waals surface area contributed by atoms with Crippen LogP contribution in [0.25, 0.3) is 0 Å². The third kappa shape index (κ3) is 5.05. The predicted molar refractivity (Wildman–Crippen MR) is 104 cm³/mol. The van der Waals surface area contributed by atoms with Gasteiger partial charge in [0.25, 0.3) is 5.91 Å². The van der Waals surface area contributed by atoms with Crippen molar-refractivity contribution in [2.24, 2.45) is 5.92 Å². The Morgan fingerprint density at radius 2 is 1.62 bits per heavy atom. The number of aryl methyl sites for hydroxylation is 1. The summed E-state index contributed by atoms with van der Waals surface area (Å²) in [6, 6.07) is 5.84. The van der Waals surface area contributed by atoms with Crippen LogP contribution in [-0.4, -0.2) is 27.5 Å². The maximum absolute atomic E-state index is 13.7. The van der Waals surface area contributed by atoms with Crippen LogP contribution in [-0.2, 0) is 11.7 Å². The van der Waals surface area contributed by atoms with Crippen LogP contribution < -0.4 is 5.32 Å². The molecular formula is C21H26F3N3O2. The van der Waals surface area contributed by atoms with Crippen LogP contribution >= 0.6 is 0 Å². The Kier molecular flexibility index (Phi) is 6.25. The van der Waals surface area contributed by atoms with E-state index in [1.54, 1.807) is 58.9 Å². The van der Waals surface area contributed by atoms with E-state index in [4.69, 9.17) is 0 Å². The molecule has 2 rings (SSSR count). The molecular weight excluding hydrogens is 383 g/mol. The largest absolute Gasteiger partial charge is 0.433 e. The van der Waals surface area contributed by atoms with Crippen molar-refractivity contribution in [3.63, 3.8) is 0 Å². The molecule has 0 saturated heterocycles. The first-order valence-corrected chi connectivity index (χ1v) is 9.31. The Hall–Kier alpha value is -2.64. The number of nitrogens with one attached hydrogen (secondary N) is 1. The van der Waals surface area contributed by atoms with Crippen LogP contribution in [0.15, 0.2) is 30.5 Å². The number of halogens is 3. The van der Waals surface area contributed by atoms with E-state index in [0.29, 0.717) is 5.56 Å². The molecule has 0 aliphatic rings. The molecule has 0 saturated carbocycles. The normalized spacial score (nSPS) is 13.4. The smallest absolute Gasteiger partial charge is 0.341 e. The number of amides is 1. The minimum Gasteiger partial charge on any atom is -0.341 e. The quantitative estimate of drug-likeness (QED) is 0.734. The van der Waals surface area contributed by atoms with Crippen LogP contribution in [0, 0.1) is 12.8 Å². The molecule has 0 radical (unpaired) electrons. The molecule has 5 nitrogen and oxygen atoms in total. The number of nitrogens with zero attached hydrogens (tertiary/aromatic N) is 2. The lowest BCUT2D eigenvalue weighted by atomic mass is 9.94. The molecule has 0 aliphatic carbocycles. The van der Waals surface area contributed by atoms with Gasteiger partial charge in [-0.1, -0.05) is 43.7 Å². The average Bonchev–Trinajstić information content (AvgIpc) is 3.05. The van der Waals surface area contributed by atoms with E-state index >= 15 is 0 Å².